The zero-order valence-corrected chi connectivity index (χ0v) is 17.0. The van der Waals surface area contributed by atoms with E-state index in [2.05, 4.69) is 25.2 Å². The minimum absolute atomic E-state index is 0.0389. The maximum Gasteiger partial charge on any atom is 0.252 e. The first-order valence-corrected chi connectivity index (χ1v) is 10.4. The van der Waals surface area contributed by atoms with Crippen molar-refractivity contribution in [3.63, 3.8) is 0 Å². The van der Waals surface area contributed by atoms with Gasteiger partial charge in [-0.05, 0) is 37.1 Å². The molecule has 1 aromatic carbocycles. The molecule has 1 saturated heterocycles. The third kappa shape index (κ3) is 4.07. The third-order valence-electron chi connectivity index (χ3n) is 5.55. The number of amides is 1. The molecule has 154 valence electrons. The minimum Gasteiger partial charge on any atom is -0.353 e. The van der Waals surface area contributed by atoms with Crippen molar-refractivity contribution in [1.29, 1.82) is 0 Å². The topological polar surface area (TPSA) is 83.9 Å². The molecule has 0 bridgehead atoms. The van der Waals surface area contributed by atoms with Gasteiger partial charge in [0.2, 0.25) is 0 Å². The summed E-state index contributed by atoms with van der Waals surface area (Å²) in [6.07, 6.45) is 10.5. The number of rotatable bonds is 4. The molecule has 0 radical (unpaired) electrons. The third-order valence-corrected chi connectivity index (χ3v) is 5.55. The lowest BCUT2D eigenvalue weighted by molar-refractivity contribution is 0.0934. The summed E-state index contributed by atoms with van der Waals surface area (Å²) in [5.41, 5.74) is 3.04. The second kappa shape index (κ2) is 8.47. The van der Waals surface area contributed by atoms with Crippen LogP contribution in [-0.4, -0.2) is 45.0 Å². The summed E-state index contributed by atoms with van der Waals surface area (Å²) in [4.78, 5) is 33.0. The Hall–Kier alpha value is -3.87. The zero-order valence-electron chi connectivity index (χ0n) is 17.0. The molecule has 0 unspecified atom stereocenters. The van der Waals surface area contributed by atoms with Crippen LogP contribution in [0.1, 0.15) is 23.2 Å². The van der Waals surface area contributed by atoms with Gasteiger partial charge in [0, 0.05) is 54.9 Å². The standard InChI is InChI=1S/C24H22N6O/c31-24(28-18-6-4-12-30(16-18)23-15-26-10-11-27-23)20-13-22(17-5-3-9-25-14-17)29-21-8-2-1-7-19(20)21/h1-3,5,7-11,13-15,18H,4,6,12,16H2,(H,28,31)/t18-/m1/s1. The van der Waals surface area contributed by atoms with Crippen LogP contribution >= 0.6 is 0 Å². The van der Waals surface area contributed by atoms with Crippen molar-refractivity contribution in [2.75, 3.05) is 18.0 Å². The van der Waals surface area contributed by atoms with E-state index in [-0.39, 0.29) is 11.9 Å². The van der Waals surface area contributed by atoms with Crippen LogP contribution in [0.15, 0.2) is 73.4 Å². The Labute approximate surface area is 180 Å². The van der Waals surface area contributed by atoms with E-state index < -0.39 is 0 Å². The number of nitrogens with one attached hydrogen (secondary N) is 1. The van der Waals surface area contributed by atoms with Crippen LogP contribution < -0.4 is 10.2 Å². The van der Waals surface area contributed by atoms with E-state index in [0.717, 1.165) is 47.4 Å². The number of para-hydroxylation sites is 1. The van der Waals surface area contributed by atoms with Gasteiger partial charge in [0.25, 0.3) is 5.91 Å². The molecule has 1 amide bonds. The average molecular weight is 410 g/mol. The van der Waals surface area contributed by atoms with E-state index in [1.54, 1.807) is 31.0 Å². The summed E-state index contributed by atoms with van der Waals surface area (Å²) in [7, 11) is 0. The van der Waals surface area contributed by atoms with E-state index >= 15 is 0 Å². The number of benzene rings is 1. The number of carbonyl (C=O) groups is 1. The summed E-state index contributed by atoms with van der Waals surface area (Å²) in [6.45, 7) is 1.62. The molecule has 1 N–H and O–H groups in total. The van der Waals surface area contributed by atoms with Gasteiger partial charge >= 0.3 is 0 Å². The molecule has 7 heteroatoms. The number of pyridine rings is 2. The van der Waals surface area contributed by atoms with Crippen molar-refractivity contribution in [3.8, 4) is 11.3 Å². The van der Waals surface area contributed by atoms with Crippen LogP contribution in [0.25, 0.3) is 22.2 Å². The Balaban J connectivity index is 1.43. The highest BCUT2D eigenvalue weighted by molar-refractivity contribution is 6.07. The van der Waals surface area contributed by atoms with Gasteiger partial charge in [-0.3, -0.25) is 14.8 Å². The number of aromatic nitrogens is 4. The Morgan fingerprint density at radius 1 is 1.03 bits per heavy atom. The Kier molecular flexibility index (Phi) is 5.22. The van der Waals surface area contributed by atoms with Gasteiger partial charge in [0.05, 0.1) is 23.0 Å². The van der Waals surface area contributed by atoms with Gasteiger partial charge in [0.1, 0.15) is 5.82 Å². The molecule has 1 atom stereocenters. The highest BCUT2D eigenvalue weighted by Crippen LogP contribution is 2.25. The van der Waals surface area contributed by atoms with Gasteiger partial charge in [-0.15, -0.1) is 0 Å². The molecule has 1 aliphatic rings. The SMILES string of the molecule is O=C(N[C@@H]1CCCN(c2cnccn2)C1)c1cc(-c2cccnc2)nc2ccccc12. The fourth-order valence-corrected chi connectivity index (χ4v) is 4.05. The van der Waals surface area contributed by atoms with E-state index in [1.807, 2.05) is 42.5 Å². The predicted octanol–water partition coefficient (Wildman–Crippen LogP) is 3.49. The molecule has 7 nitrogen and oxygen atoms in total. The number of anilines is 1. The van der Waals surface area contributed by atoms with Crippen LogP contribution in [0, 0.1) is 0 Å². The molecule has 3 aromatic heterocycles. The molecule has 5 rings (SSSR count). The summed E-state index contributed by atoms with van der Waals surface area (Å²) in [6, 6.07) is 13.5. The van der Waals surface area contributed by atoms with Gasteiger partial charge < -0.3 is 10.2 Å². The fraction of sp³-hybridized carbons (Fsp3) is 0.208. The quantitative estimate of drug-likeness (QED) is 0.555. The summed E-state index contributed by atoms with van der Waals surface area (Å²) >= 11 is 0. The number of hydrogen-bond acceptors (Lipinski definition) is 6. The molecular formula is C24H22N6O. The zero-order chi connectivity index (χ0) is 21.0. The average Bonchev–Trinajstić information content (AvgIpc) is 2.84. The largest absolute Gasteiger partial charge is 0.353 e. The molecule has 1 fully saturated rings. The summed E-state index contributed by atoms with van der Waals surface area (Å²) < 4.78 is 0. The molecular weight excluding hydrogens is 388 g/mol. The minimum atomic E-state index is -0.0882. The maximum atomic E-state index is 13.4. The van der Waals surface area contributed by atoms with Crippen LogP contribution in [-0.2, 0) is 0 Å². The monoisotopic (exact) mass is 410 g/mol. The number of nitrogens with zero attached hydrogens (tertiary/aromatic N) is 5. The Morgan fingerprint density at radius 2 is 1.94 bits per heavy atom. The molecule has 1 aliphatic heterocycles. The molecule has 0 saturated carbocycles. The van der Waals surface area contributed by atoms with E-state index in [4.69, 9.17) is 4.98 Å². The maximum absolute atomic E-state index is 13.4. The second-order valence-corrected chi connectivity index (χ2v) is 7.64. The van der Waals surface area contributed by atoms with Gasteiger partial charge in [-0.25, -0.2) is 9.97 Å². The van der Waals surface area contributed by atoms with Crippen molar-refractivity contribution in [2.45, 2.75) is 18.9 Å². The molecule has 4 aromatic rings. The normalized spacial score (nSPS) is 16.3. The number of piperidine rings is 1. The van der Waals surface area contributed by atoms with Crippen LogP contribution in [0.3, 0.4) is 0 Å². The van der Waals surface area contributed by atoms with Crippen LogP contribution in [0.5, 0.6) is 0 Å². The number of fused-ring (bicyclic) bond motifs is 1. The lowest BCUT2D eigenvalue weighted by Gasteiger charge is -2.33. The van der Waals surface area contributed by atoms with Crippen molar-refractivity contribution < 1.29 is 4.79 Å². The second-order valence-electron chi connectivity index (χ2n) is 7.64. The Morgan fingerprint density at radius 3 is 2.77 bits per heavy atom. The number of hydrogen-bond donors (Lipinski definition) is 1. The first kappa shape index (κ1) is 19.1. The Bertz CT molecular complexity index is 1200. The van der Waals surface area contributed by atoms with Crippen LogP contribution in [0.2, 0.25) is 0 Å². The molecule has 31 heavy (non-hydrogen) atoms. The predicted molar refractivity (Wildman–Crippen MR) is 120 cm³/mol. The van der Waals surface area contributed by atoms with Crippen molar-refractivity contribution in [2.24, 2.45) is 0 Å². The van der Waals surface area contributed by atoms with E-state index in [9.17, 15) is 4.79 Å². The van der Waals surface area contributed by atoms with Crippen molar-refractivity contribution >= 4 is 22.6 Å². The van der Waals surface area contributed by atoms with Gasteiger partial charge in [0.15, 0.2) is 0 Å². The summed E-state index contributed by atoms with van der Waals surface area (Å²) in [5.74, 6) is 0.754. The first-order chi connectivity index (χ1) is 15.3. The van der Waals surface area contributed by atoms with Gasteiger partial charge in [-0.1, -0.05) is 18.2 Å². The van der Waals surface area contributed by atoms with Crippen molar-refractivity contribution in [1.82, 2.24) is 25.3 Å². The fourth-order valence-electron chi connectivity index (χ4n) is 4.05. The smallest absolute Gasteiger partial charge is 0.252 e. The van der Waals surface area contributed by atoms with Gasteiger partial charge in [-0.2, -0.15) is 0 Å². The highest BCUT2D eigenvalue weighted by Gasteiger charge is 2.24. The lowest BCUT2D eigenvalue weighted by Crippen LogP contribution is -2.48. The van der Waals surface area contributed by atoms with Crippen LogP contribution in [0.4, 0.5) is 5.82 Å². The first-order valence-electron chi connectivity index (χ1n) is 10.4. The van der Waals surface area contributed by atoms with Crippen molar-refractivity contribution in [3.05, 3.63) is 79.0 Å². The molecule has 0 aliphatic carbocycles. The molecule has 0 spiro atoms. The van der Waals surface area contributed by atoms with E-state index in [1.165, 1.54) is 0 Å². The number of carbonyl (C=O) groups excluding carboxylic acids is 1. The lowest BCUT2D eigenvalue weighted by atomic mass is 10.0. The van der Waals surface area contributed by atoms with E-state index in [0.29, 0.717) is 12.1 Å². The summed E-state index contributed by atoms with van der Waals surface area (Å²) in [5, 5.41) is 4.08. The highest BCUT2D eigenvalue weighted by atomic mass is 16.1. The molecule has 4 heterocycles.